The van der Waals surface area contributed by atoms with E-state index in [1.807, 2.05) is 6.20 Å². The van der Waals surface area contributed by atoms with Crippen molar-refractivity contribution in [3.05, 3.63) is 48.4 Å². The number of ether oxygens (including phenoxy) is 1. The maximum atomic E-state index is 5.46. The third kappa shape index (κ3) is 3.84. The van der Waals surface area contributed by atoms with Crippen molar-refractivity contribution in [2.45, 2.75) is 45.1 Å². The molecule has 1 aromatic carbocycles. The molecule has 1 saturated carbocycles. The minimum absolute atomic E-state index is 0.488. The van der Waals surface area contributed by atoms with Crippen LogP contribution in [0.4, 0.5) is 5.69 Å². The number of nitrogens with zero attached hydrogens (tertiary/aromatic N) is 5. The number of morpholine rings is 1. The van der Waals surface area contributed by atoms with E-state index in [-0.39, 0.29) is 0 Å². The highest BCUT2D eigenvalue weighted by atomic mass is 16.5. The van der Waals surface area contributed by atoms with Crippen LogP contribution in [0, 0.1) is 6.92 Å². The summed E-state index contributed by atoms with van der Waals surface area (Å²) in [5, 5.41) is 8.89. The second-order valence-corrected chi connectivity index (χ2v) is 8.31. The Bertz CT molecular complexity index is 985. The second-order valence-electron chi connectivity index (χ2n) is 8.31. The Labute approximate surface area is 177 Å². The molecule has 1 aliphatic heterocycles. The van der Waals surface area contributed by atoms with E-state index in [4.69, 9.17) is 4.74 Å². The van der Waals surface area contributed by atoms with Gasteiger partial charge in [0.2, 0.25) is 0 Å². The third-order valence-corrected chi connectivity index (χ3v) is 6.37. The van der Waals surface area contributed by atoms with Gasteiger partial charge in [-0.2, -0.15) is 0 Å². The summed E-state index contributed by atoms with van der Waals surface area (Å²) in [5.74, 6) is 1.88. The zero-order valence-corrected chi connectivity index (χ0v) is 17.6. The van der Waals surface area contributed by atoms with Crippen molar-refractivity contribution in [3.8, 4) is 22.6 Å². The van der Waals surface area contributed by atoms with Crippen LogP contribution in [0.5, 0.6) is 0 Å². The van der Waals surface area contributed by atoms with Crippen LogP contribution in [-0.2, 0) is 4.74 Å². The van der Waals surface area contributed by atoms with E-state index < -0.39 is 0 Å². The van der Waals surface area contributed by atoms with Gasteiger partial charge in [0.25, 0.3) is 0 Å². The van der Waals surface area contributed by atoms with Crippen LogP contribution >= 0.6 is 0 Å². The standard InChI is InChI=1S/C24H29N5O/c1-18-26-27-24(29(18)22-5-3-2-4-6-22)23-17-20(11-12-25-23)19-7-9-21(10-8-19)28-13-15-30-16-14-28/h7-12,17,22H,2-6,13-16H2,1H3. The lowest BCUT2D eigenvalue weighted by atomic mass is 9.95. The van der Waals surface area contributed by atoms with Gasteiger partial charge in [-0.15, -0.1) is 10.2 Å². The Balaban J connectivity index is 1.42. The predicted molar refractivity (Wildman–Crippen MR) is 119 cm³/mol. The minimum atomic E-state index is 0.488. The molecule has 2 aliphatic rings. The van der Waals surface area contributed by atoms with Crippen molar-refractivity contribution >= 4 is 5.69 Å². The number of pyridine rings is 1. The van der Waals surface area contributed by atoms with Crippen LogP contribution in [0.15, 0.2) is 42.6 Å². The molecule has 6 nitrogen and oxygen atoms in total. The Hall–Kier alpha value is -2.73. The van der Waals surface area contributed by atoms with Gasteiger partial charge in [-0.05, 0) is 55.2 Å². The summed E-state index contributed by atoms with van der Waals surface area (Å²) >= 11 is 0. The summed E-state index contributed by atoms with van der Waals surface area (Å²) in [6.45, 7) is 5.57. The lowest BCUT2D eigenvalue weighted by Crippen LogP contribution is -2.36. The van der Waals surface area contributed by atoms with Crippen molar-refractivity contribution in [1.82, 2.24) is 19.7 Å². The largest absolute Gasteiger partial charge is 0.378 e. The van der Waals surface area contributed by atoms with Crippen molar-refractivity contribution in [3.63, 3.8) is 0 Å². The third-order valence-electron chi connectivity index (χ3n) is 6.37. The summed E-state index contributed by atoms with van der Waals surface area (Å²) < 4.78 is 7.78. The lowest BCUT2D eigenvalue weighted by molar-refractivity contribution is 0.122. The smallest absolute Gasteiger partial charge is 0.182 e. The number of aryl methyl sites for hydroxylation is 1. The van der Waals surface area contributed by atoms with Gasteiger partial charge in [0.15, 0.2) is 5.82 Å². The van der Waals surface area contributed by atoms with Crippen molar-refractivity contribution in [2.24, 2.45) is 0 Å². The second kappa shape index (κ2) is 8.56. The molecule has 6 heteroatoms. The van der Waals surface area contributed by atoms with E-state index >= 15 is 0 Å². The normalized spacial score (nSPS) is 18.0. The zero-order chi connectivity index (χ0) is 20.3. The molecular weight excluding hydrogens is 374 g/mol. The lowest BCUT2D eigenvalue weighted by Gasteiger charge is -2.28. The fourth-order valence-corrected chi connectivity index (χ4v) is 4.74. The van der Waals surface area contributed by atoms with Gasteiger partial charge in [-0.25, -0.2) is 0 Å². The molecule has 0 amide bonds. The summed E-state index contributed by atoms with van der Waals surface area (Å²) in [6.07, 6.45) is 8.19. The molecule has 0 radical (unpaired) electrons. The molecule has 2 fully saturated rings. The molecule has 5 rings (SSSR count). The summed E-state index contributed by atoms with van der Waals surface area (Å²) in [4.78, 5) is 7.03. The van der Waals surface area contributed by atoms with Gasteiger partial charge in [0, 0.05) is 31.0 Å². The highest BCUT2D eigenvalue weighted by Gasteiger charge is 2.22. The minimum Gasteiger partial charge on any atom is -0.378 e. The van der Waals surface area contributed by atoms with Crippen LogP contribution in [0.2, 0.25) is 0 Å². The van der Waals surface area contributed by atoms with E-state index in [1.54, 1.807) is 0 Å². The van der Waals surface area contributed by atoms with Crippen LogP contribution in [-0.4, -0.2) is 46.1 Å². The first kappa shape index (κ1) is 19.2. The molecule has 0 bridgehead atoms. The molecule has 156 valence electrons. The van der Waals surface area contributed by atoms with Crippen molar-refractivity contribution in [2.75, 3.05) is 31.2 Å². The molecule has 0 spiro atoms. The topological polar surface area (TPSA) is 56.1 Å². The van der Waals surface area contributed by atoms with Crippen LogP contribution in [0.1, 0.15) is 44.0 Å². The van der Waals surface area contributed by atoms with Gasteiger partial charge in [0.1, 0.15) is 11.5 Å². The molecule has 2 aromatic heterocycles. The molecular formula is C24H29N5O. The number of aromatic nitrogens is 4. The van der Waals surface area contributed by atoms with E-state index in [0.29, 0.717) is 6.04 Å². The van der Waals surface area contributed by atoms with Gasteiger partial charge in [-0.3, -0.25) is 4.98 Å². The Morgan fingerprint density at radius 1 is 0.900 bits per heavy atom. The van der Waals surface area contributed by atoms with Gasteiger partial charge in [-0.1, -0.05) is 31.4 Å². The average Bonchev–Trinajstić information content (AvgIpc) is 3.22. The fraction of sp³-hybridized carbons (Fsp3) is 0.458. The van der Waals surface area contributed by atoms with Crippen LogP contribution in [0.25, 0.3) is 22.6 Å². The first-order valence-corrected chi connectivity index (χ1v) is 11.1. The van der Waals surface area contributed by atoms with Crippen molar-refractivity contribution in [1.29, 1.82) is 0 Å². The molecule has 0 N–H and O–H groups in total. The highest BCUT2D eigenvalue weighted by molar-refractivity contribution is 5.70. The molecule has 3 heterocycles. The van der Waals surface area contributed by atoms with E-state index in [2.05, 4.69) is 68.0 Å². The number of rotatable bonds is 4. The molecule has 0 unspecified atom stereocenters. The SMILES string of the molecule is Cc1nnc(-c2cc(-c3ccc(N4CCOCC4)cc3)ccn2)n1C1CCCCC1. The average molecular weight is 404 g/mol. The molecule has 1 aliphatic carbocycles. The van der Waals surface area contributed by atoms with E-state index in [9.17, 15) is 0 Å². The summed E-state index contributed by atoms with van der Waals surface area (Å²) in [7, 11) is 0. The molecule has 0 atom stereocenters. The predicted octanol–water partition coefficient (Wildman–Crippen LogP) is 4.66. The van der Waals surface area contributed by atoms with E-state index in [0.717, 1.165) is 49.2 Å². The zero-order valence-electron chi connectivity index (χ0n) is 17.6. The number of benzene rings is 1. The first-order valence-electron chi connectivity index (χ1n) is 11.1. The van der Waals surface area contributed by atoms with Gasteiger partial charge < -0.3 is 14.2 Å². The highest BCUT2D eigenvalue weighted by Crippen LogP contribution is 2.33. The quantitative estimate of drug-likeness (QED) is 0.634. The maximum Gasteiger partial charge on any atom is 0.182 e. The number of hydrogen-bond acceptors (Lipinski definition) is 5. The van der Waals surface area contributed by atoms with Crippen LogP contribution in [0.3, 0.4) is 0 Å². The van der Waals surface area contributed by atoms with Crippen molar-refractivity contribution < 1.29 is 4.74 Å². The van der Waals surface area contributed by atoms with Gasteiger partial charge >= 0.3 is 0 Å². The number of anilines is 1. The Kier molecular flexibility index (Phi) is 5.49. The Morgan fingerprint density at radius 2 is 1.67 bits per heavy atom. The monoisotopic (exact) mass is 403 g/mol. The number of hydrogen-bond donors (Lipinski definition) is 0. The Morgan fingerprint density at radius 3 is 2.43 bits per heavy atom. The first-order chi connectivity index (χ1) is 14.8. The van der Waals surface area contributed by atoms with E-state index in [1.165, 1.54) is 43.4 Å². The van der Waals surface area contributed by atoms with Gasteiger partial charge in [0.05, 0.1) is 13.2 Å². The molecule has 1 saturated heterocycles. The molecule has 30 heavy (non-hydrogen) atoms. The summed E-state index contributed by atoms with van der Waals surface area (Å²) in [6, 6.07) is 13.5. The maximum absolute atomic E-state index is 5.46. The fourth-order valence-electron chi connectivity index (χ4n) is 4.74. The van der Waals surface area contributed by atoms with Crippen LogP contribution < -0.4 is 4.90 Å². The summed E-state index contributed by atoms with van der Waals surface area (Å²) in [5.41, 5.74) is 4.50. The molecule has 3 aromatic rings.